The molecule has 0 radical (unpaired) electrons. The van der Waals surface area contributed by atoms with Gasteiger partial charge in [0.25, 0.3) is 0 Å². The summed E-state index contributed by atoms with van der Waals surface area (Å²) >= 11 is 12.1. The molecule has 0 spiro atoms. The number of amides is 1. The zero-order valence-electron chi connectivity index (χ0n) is 12.6. The van der Waals surface area contributed by atoms with Crippen LogP contribution < -0.4 is 4.72 Å². The van der Waals surface area contributed by atoms with Gasteiger partial charge in [0.15, 0.2) is 0 Å². The molecule has 0 unspecified atom stereocenters. The highest BCUT2D eigenvalue weighted by Crippen LogP contribution is 2.25. The van der Waals surface area contributed by atoms with E-state index in [0.717, 1.165) is 6.26 Å². The van der Waals surface area contributed by atoms with E-state index in [9.17, 15) is 13.2 Å². The number of rotatable bonds is 4. The molecule has 23 heavy (non-hydrogen) atoms. The van der Waals surface area contributed by atoms with Crippen LogP contribution in [0.2, 0.25) is 10.0 Å². The average molecular weight is 377 g/mol. The number of nitrogens with zero attached hydrogens (tertiary/aromatic N) is 1. The molecule has 1 aromatic carbocycles. The Morgan fingerprint density at radius 1 is 1.26 bits per heavy atom. The molecule has 1 aliphatic rings. The Labute approximate surface area is 146 Å². The molecule has 1 heterocycles. The SMILES string of the molecule is CS(=O)(=O)NC1CCN(C(=O)/C=C/c2c(Cl)cccc2Cl)CC1. The normalized spacial score (nSPS) is 16.9. The maximum atomic E-state index is 12.2. The highest BCUT2D eigenvalue weighted by Gasteiger charge is 2.23. The van der Waals surface area contributed by atoms with Crippen LogP contribution in [0.5, 0.6) is 0 Å². The number of carbonyl (C=O) groups is 1. The second kappa shape index (κ2) is 7.66. The van der Waals surface area contributed by atoms with Gasteiger partial charge in [0.2, 0.25) is 15.9 Å². The molecule has 8 heteroatoms. The average Bonchev–Trinajstić information content (AvgIpc) is 2.45. The van der Waals surface area contributed by atoms with Gasteiger partial charge in [0.05, 0.1) is 6.26 Å². The minimum absolute atomic E-state index is 0.115. The summed E-state index contributed by atoms with van der Waals surface area (Å²) in [5.74, 6) is -0.140. The molecule has 1 amide bonds. The van der Waals surface area contributed by atoms with Crippen molar-refractivity contribution in [2.75, 3.05) is 19.3 Å². The van der Waals surface area contributed by atoms with E-state index in [1.165, 1.54) is 6.08 Å². The lowest BCUT2D eigenvalue weighted by Gasteiger charge is -2.31. The maximum absolute atomic E-state index is 12.2. The van der Waals surface area contributed by atoms with Crippen molar-refractivity contribution in [3.63, 3.8) is 0 Å². The van der Waals surface area contributed by atoms with Crippen molar-refractivity contribution < 1.29 is 13.2 Å². The van der Waals surface area contributed by atoms with Crippen molar-refractivity contribution in [1.29, 1.82) is 0 Å². The molecule has 2 rings (SSSR count). The topological polar surface area (TPSA) is 66.5 Å². The highest BCUT2D eigenvalue weighted by molar-refractivity contribution is 7.88. The van der Waals surface area contributed by atoms with Crippen molar-refractivity contribution in [2.24, 2.45) is 0 Å². The summed E-state index contributed by atoms with van der Waals surface area (Å²) in [6.45, 7) is 1.01. The van der Waals surface area contributed by atoms with Crippen molar-refractivity contribution in [3.05, 3.63) is 39.9 Å². The molecule has 1 aliphatic heterocycles. The maximum Gasteiger partial charge on any atom is 0.246 e. The van der Waals surface area contributed by atoms with Gasteiger partial charge in [-0.3, -0.25) is 4.79 Å². The first-order valence-corrected chi connectivity index (χ1v) is 9.79. The fourth-order valence-electron chi connectivity index (χ4n) is 2.45. The molecule has 0 bridgehead atoms. The highest BCUT2D eigenvalue weighted by atomic mass is 35.5. The van der Waals surface area contributed by atoms with Gasteiger partial charge in [-0.1, -0.05) is 29.3 Å². The number of benzene rings is 1. The number of hydrogen-bond donors (Lipinski definition) is 1. The molecule has 1 N–H and O–H groups in total. The molecule has 5 nitrogen and oxygen atoms in total. The molecule has 1 fully saturated rings. The minimum Gasteiger partial charge on any atom is -0.339 e. The summed E-state index contributed by atoms with van der Waals surface area (Å²) in [6, 6.07) is 5.04. The summed E-state index contributed by atoms with van der Waals surface area (Å²) in [7, 11) is -3.21. The standard InChI is InChI=1S/C15H18Cl2N2O3S/c1-23(21,22)18-11-7-9-19(10-8-11)15(20)6-5-12-13(16)3-2-4-14(12)17/h2-6,11,18H,7-10H2,1H3/b6-5+. The van der Waals surface area contributed by atoms with E-state index in [4.69, 9.17) is 23.2 Å². The van der Waals surface area contributed by atoms with Crippen molar-refractivity contribution in [1.82, 2.24) is 9.62 Å². The quantitative estimate of drug-likeness (QED) is 0.821. The number of piperidine rings is 1. The van der Waals surface area contributed by atoms with E-state index in [-0.39, 0.29) is 11.9 Å². The van der Waals surface area contributed by atoms with Gasteiger partial charge < -0.3 is 4.90 Å². The van der Waals surface area contributed by atoms with E-state index in [1.54, 1.807) is 29.2 Å². The Kier molecular flexibility index (Phi) is 6.08. The number of hydrogen-bond acceptors (Lipinski definition) is 3. The van der Waals surface area contributed by atoms with Crippen LogP contribution >= 0.6 is 23.2 Å². The lowest BCUT2D eigenvalue weighted by molar-refractivity contribution is -0.126. The smallest absolute Gasteiger partial charge is 0.246 e. The lowest BCUT2D eigenvalue weighted by Crippen LogP contribution is -2.45. The first-order chi connectivity index (χ1) is 10.8. The Morgan fingerprint density at radius 2 is 1.83 bits per heavy atom. The molecule has 0 aliphatic carbocycles. The molecule has 126 valence electrons. The molecule has 1 aromatic rings. The Bertz CT molecular complexity index is 691. The van der Waals surface area contributed by atoms with Crippen LogP contribution in [0.25, 0.3) is 6.08 Å². The molecular formula is C15H18Cl2N2O3S. The summed E-state index contributed by atoms with van der Waals surface area (Å²) in [6.07, 6.45) is 5.38. The molecule has 0 atom stereocenters. The van der Waals surface area contributed by atoms with E-state index >= 15 is 0 Å². The van der Waals surface area contributed by atoms with Crippen LogP contribution in [0.1, 0.15) is 18.4 Å². The Hall–Kier alpha value is -1.08. The fraction of sp³-hybridized carbons (Fsp3) is 0.400. The second-order valence-corrected chi connectivity index (χ2v) is 8.05. The predicted molar refractivity (Wildman–Crippen MR) is 93.1 cm³/mol. The summed E-state index contributed by atoms with van der Waals surface area (Å²) < 4.78 is 25.0. The second-order valence-electron chi connectivity index (χ2n) is 5.46. The summed E-state index contributed by atoms with van der Waals surface area (Å²) in [4.78, 5) is 13.9. The third-order valence-electron chi connectivity index (χ3n) is 3.58. The minimum atomic E-state index is -3.21. The summed E-state index contributed by atoms with van der Waals surface area (Å²) in [5.41, 5.74) is 0.609. The van der Waals surface area contributed by atoms with Gasteiger partial charge in [-0.25, -0.2) is 13.1 Å². The Morgan fingerprint density at radius 3 is 2.35 bits per heavy atom. The first kappa shape index (κ1) is 18.3. The molecule has 0 saturated carbocycles. The number of nitrogens with one attached hydrogen (secondary N) is 1. The van der Waals surface area contributed by atoms with E-state index in [0.29, 0.717) is 41.5 Å². The van der Waals surface area contributed by atoms with Gasteiger partial charge in [0, 0.05) is 40.8 Å². The van der Waals surface area contributed by atoms with E-state index in [1.807, 2.05) is 0 Å². The zero-order valence-corrected chi connectivity index (χ0v) is 15.0. The lowest BCUT2D eigenvalue weighted by atomic mass is 10.1. The van der Waals surface area contributed by atoms with E-state index in [2.05, 4.69) is 4.72 Å². The third kappa shape index (κ3) is 5.49. The number of halogens is 2. The monoisotopic (exact) mass is 376 g/mol. The van der Waals surface area contributed by atoms with Gasteiger partial charge >= 0.3 is 0 Å². The zero-order chi connectivity index (χ0) is 17.0. The number of carbonyl (C=O) groups excluding carboxylic acids is 1. The number of sulfonamides is 1. The van der Waals surface area contributed by atoms with Crippen LogP contribution in [0.3, 0.4) is 0 Å². The van der Waals surface area contributed by atoms with Crippen molar-refractivity contribution >= 4 is 45.2 Å². The molecular weight excluding hydrogens is 359 g/mol. The van der Waals surface area contributed by atoms with Gasteiger partial charge in [-0.15, -0.1) is 0 Å². The van der Waals surface area contributed by atoms with E-state index < -0.39 is 10.0 Å². The summed E-state index contributed by atoms with van der Waals surface area (Å²) in [5, 5.41) is 0.968. The Balaban J connectivity index is 1.94. The number of likely N-dealkylation sites (tertiary alicyclic amines) is 1. The van der Waals surface area contributed by atoms with Crippen LogP contribution in [0.4, 0.5) is 0 Å². The van der Waals surface area contributed by atoms with Crippen LogP contribution in [-0.2, 0) is 14.8 Å². The van der Waals surface area contributed by atoms with Crippen LogP contribution in [0, 0.1) is 0 Å². The largest absolute Gasteiger partial charge is 0.339 e. The van der Waals surface area contributed by atoms with Crippen LogP contribution in [-0.4, -0.2) is 44.6 Å². The van der Waals surface area contributed by atoms with Gasteiger partial charge in [-0.2, -0.15) is 0 Å². The van der Waals surface area contributed by atoms with Crippen molar-refractivity contribution in [2.45, 2.75) is 18.9 Å². The first-order valence-electron chi connectivity index (χ1n) is 7.14. The van der Waals surface area contributed by atoms with Gasteiger partial charge in [-0.05, 0) is 31.1 Å². The van der Waals surface area contributed by atoms with Crippen molar-refractivity contribution in [3.8, 4) is 0 Å². The van der Waals surface area contributed by atoms with Crippen LogP contribution in [0.15, 0.2) is 24.3 Å². The molecule has 0 aromatic heterocycles. The third-order valence-corrected chi connectivity index (χ3v) is 5.00. The molecule has 1 saturated heterocycles. The predicted octanol–water partition coefficient (Wildman–Crippen LogP) is 2.55. The van der Waals surface area contributed by atoms with Gasteiger partial charge in [0.1, 0.15) is 0 Å². The fourth-order valence-corrected chi connectivity index (χ4v) is 3.82.